The summed E-state index contributed by atoms with van der Waals surface area (Å²) in [6.07, 6.45) is 1.11. The lowest BCUT2D eigenvalue weighted by molar-refractivity contribution is 0.0787. The lowest BCUT2D eigenvalue weighted by Crippen LogP contribution is -2.44. The maximum Gasteiger partial charge on any atom is 0.199 e. The Balaban J connectivity index is 3.94. The van der Waals surface area contributed by atoms with Gasteiger partial charge in [0.15, 0.2) is 9.04 Å². The summed E-state index contributed by atoms with van der Waals surface area (Å²) in [5, 5.41) is 0. The average Bonchev–Trinajstić information content (AvgIpc) is 1.78. The van der Waals surface area contributed by atoms with Gasteiger partial charge in [-0.1, -0.05) is 20.8 Å². The minimum absolute atomic E-state index is 0.0789. The van der Waals surface area contributed by atoms with E-state index < -0.39 is 9.04 Å². The fraction of sp³-hybridized carbons (Fsp3) is 1.00. The summed E-state index contributed by atoms with van der Waals surface area (Å²) in [6, 6.07) is 0. The molecule has 0 fully saturated rings. The zero-order chi connectivity index (χ0) is 10.7. The molecule has 0 unspecified atom stereocenters. The highest BCUT2D eigenvalue weighted by atomic mass is 28.3. The Kier molecular flexibility index (Phi) is 4.62. The highest BCUT2D eigenvalue weighted by Gasteiger charge is 2.25. The van der Waals surface area contributed by atoms with Crippen molar-refractivity contribution < 1.29 is 4.53 Å². The van der Waals surface area contributed by atoms with E-state index in [9.17, 15) is 0 Å². The van der Waals surface area contributed by atoms with Crippen molar-refractivity contribution in [3.63, 3.8) is 0 Å². The van der Waals surface area contributed by atoms with E-state index in [1.54, 1.807) is 0 Å². The van der Waals surface area contributed by atoms with E-state index in [4.69, 9.17) is 4.53 Å². The van der Waals surface area contributed by atoms with Gasteiger partial charge in [-0.05, 0) is 38.8 Å². The Morgan fingerprint density at radius 3 is 1.85 bits per heavy atom. The molecule has 0 saturated carbocycles. The third-order valence-electron chi connectivity index (χ3n) is 1.54. The summed E-state index contributed by atoms with van der Waals surface area (Å²) < 4.78 is 5.54. The molecule has 0 rings (SSSR count). The number of hydroxylamine groups is 1. The minimum Gasteiger partial charge on any atom is -0.349 e. The van der Waals surface area contributed by atoms with Gasteiger partial charge in [-0.2, -0.15) is 0 Å². The van der Waals surface area contributed by atoms with Crippen molar-refractivity contribution in [2.75, 3.05) is 0 Å². The number of nitrogens with one attached hydrogen (secondary N) is 1. The van der Waals surface area contributed by atoms with Crippen LogP contribution in [0.4, 0.5) is 0 Å². The molecule has 0 aliphatic rings. The Morgan fingerprint density at radius 1 is 1.08 bits per heavy atom. The Hall–Kier alpha value is 0.137. The molecular weight excluding hydrogens is 178 g/mol. The zero-order valence-corrected chi connectivity index (χ0v) is 11.3. The fourth-order valence-corrected chi connectivity index (χ4v) is 2.19. The molecule has 2 nitrogen and oxygen atoms in total. The van der Waals surface area contributed by atoms with Crippen molar-refractivity contribution in [1.82, 2.24) is 5.48 Å². The summed E-state index contributed by atoms with van der Waals surface area (Å²) in [6.45, 7) is 15.5. The normalized spacial score (nSPS) is 13.8. The third-order valence-corrected chi connectivity index (χ3v) is 2.13. The highest BCUT2D eigenvalue weighted by Crippen LogP contribution is 2.26. The van der Waals surface area contributed by atoms with Crippen molar-refractivity contribution >= 4 is 9.04 Å². The first-order chi connectivity index (χ1) is 5.62. The van der Waals surface area contributed by atoms with Gasteiger partial charge < -0.3 is 4.53 Å². The standard InChI is InChI=1S/C10H25NOSi/c1-9(2,3)8-10(4,5)11-12-13(6)7/h11,13H,8H2,1-7H3. The van der Waals surface area contributed by atoms with Crippen LogP contribution < -0.4 is 5.48 Å². The van der Waals surface area contributed by atoms with Gasteiger partial charge in [-0.15, -0.1) is 0 Å². The first-order valence-corrected chi connectivity index (χ1v) is 7.83. The van der Waals surface area contributed by atoms with Gasteiger partial charge in [0.25, 0.3) is 0 Å². The molecule has 0 bridgehead atoms. The molecule has 0 aromatic heterocycles. The lowest BCUT2D eigenvalue weighted by atomic mass is 9.82. The predicted molar refractivity (Wildman–Crippen MR) is 61.2 cm³/mol. The second-order valence-electron chi connectivity index (χ2n) is 5.89. The molecule has 0 atom stereocenters. The van der Waals surface area contributed by atoms with E-state index in [1.165, 1.54) is 0 Å². The van der Waals surface area contributed by atoms with E-state index in [-0.39, 0.29) is 5.54 Å². The average molecular weight is 203 g/mol. The van der Waals surface area contributed by atoms with Gasteiger partial charge >= 0.3 is 0 Å². The first kappa shape index (κ1) is 13.1. The molecular formula is C10H25NOSi. The van der Waals surface area contributed by atoms with Gasteiger partial charge in [0.2, 0.25) is 0 Å². The van der Waals surface area contributed by atoms with Crippen molar-refractivity contribution in [1.29, 1.82) is 0 Å². The second kappa shape index (κ2) is 4.58. The van der Waals surface area contributed by atoms with Crippen molar-refractivity contribution in [3.05, 3.63) is 0 Å². The van der Waals surface area contributed by atoms with Crippen LogP contribution in [0.3, 0.4) is 0 Å². The second-order valence-corrected chi connectivity index (χ2v) is 8.22. The largest absolute Gasteiger partial charge is 0.349 e. The number of hydrogen-bond donors (Lipinski definition) is 1. The molecule has 0 amide bonds. The fourth-order valence-electron chi connectivity index (χ4n) is 1.64. The molecule has 0 heterocycles. The van der Waals surface area contributed by atoms with E-state index in [2.05, 4.69) is 53.2 Å². The van der Waals surface area contributed by atoms with E-state index in [0.717, 1.165) is 6.42 Å². The van der Waals surface area contributed by atoms with Gasteiger partial charge in [-0.3, -0.25) is 0 Å². The predicted octanol–water partition coefficient (Wildman–Crippen LogP) is 2.71. The van der Waals surface area contributed by atoms with Crippen LogP contribution in [0.5, 0.6) is 0 Å². The highest BCUT2D eigenvalue weighted by molar-refractivity contribution is 6.48. The maximum absolute atomic E-state index is 5.54. The molecule has 80 valence electrons. The smallest absolute Gasteiger partial charge is 0.199 e. The summed E-state index contributed by atoms with van der Waals surface area (Å²) in [5.41, 5.74) is 3.60. The minimum atomic E-state index is -0.949. The van der Waals surface area contributed by atoms with Crippen LogP contribution in [0.25, 0.3) is 0 Å². The number of hydrogen-bond acceptors (Lipinski definition) is 2. The van der Waals surface area contributed by atoms with Crippen molar-refractivity contribution in [2.24, 2.45) is 5.41 Å². The lowest BCUT2D eigenvalue weighted by Gasteiger charge is -2.33. The molecule has 0 radical (unpaired) electrons. The van der Waals surface area contributed by atoms with E-state index >= 15 is 0 Å². The molecule has 0 spiro atoms. The van der Waals surface area contributed by atoms with Crippen LogP contribution in [0, 0.1) is 5.41 Å². The van der Waals surface area contributed by atoms with Crippen LogP contribution in [-0.2, 0) is 4.53 Å². The maximum atomic E-state index is 5.54. The summed E-state index contributed by atoms with van der Waals surface area (Å²) >= 11 is 0. The molecule has 3 heteroatoms. The van der Waals surface area contributed by atoms with Gasteiger partial charge in [0.1, 0.15) is 0 Å². The quantitative estimate of drug-likeness (QED) is 0.560. The molecule has 0 aliphatic carbocycles. The summed E-state index contributed by atoms with van der Waals surface area (Å²) in [4.78, 5) is 0. The van der Waals surface area contributed by atoms with E-state index in [0.29, 0.717) is 5.41 Å². The molecule has 0 aliphatic heterocycles. The van der Waals surface area contributed by atoms with Crippen LogP contribution >= 0.6 is 0 Å². The third kappa shape index (κ3) is 8.47. The molecule has 0 saturated heterocycles. The van der Waals surface area contributed by atoms with Crippen LogP contribution in [-0.4, -0.2) is 14.6 Å². The van der Waals surface area contributed by atoms with Crippen molar-refractivity contribution in [2.45, 2.75) is 59.7 Å². The number of rotatable bonds is 4. The monoisotopic (exact) mass is 203 g/mol. The van der Waals surface area contributed by atoms with E-state index in [1.807, 2.05) is 0 Å². The molecule has 1 N–H and O–H groups in total. The van der Waals surface area contributed by atoms with Crippen molar-refractivity contribution in [3.8, 4) is 0 Å². The SMILES string of the molecule is C[SiH](C)ONC(C)(C)CC(C)(C)C. The molecule has 0 aromatic carbocycles. The van der Waals surface area contributed by atoms with Gasteiger partial charge in [0, 0.05) is 5.54 Å². The molecule has 13 heavy (non-hydrogen) atoms. The van der Waals surface area contributed by atoms with Crippen LogP contribution in [0.15, 0.2) is 0 Å². The summed E-state index contributed by atoms with van der Waals surface area (Å²) in [5.74, 6) is 0. The van der Waals surface area contributed by atoms with Crippen LogP contribution in [0.2, 0.25) is 13.1 Å². The summed E-state index contributed by atoms with van der Waals surface area (Å²) in [7, 11) is -0.949. The molecule has 0 aromatic rings. The topological polar surface area (TPSA) is 21.3 Å². The Bertz CT molecular complexity index is 149. The Labute approximate surface area is 84.7 Å². The zero-order valence-electron chi connectivity index (χ0n) is 10.2. The van der Waals surface area contributed by atoms with Gasteiger partial charge in [-0.25, -0.2) is 5.48 Å². The van der Waals surface area contributed by atoms with Crippen LogP contribution in [0.1, 0.15) is 41.0 Å². The Morgan fingerprint density at radius 2 is 1.54 bits per heavy atom. The first-order valence-electron chi connectivity index (χ1n) is 5.05. The van der Waals surface area contributed by atoms with Gasteiger partial charge in [0.05, 0.1) is 0 Å².